The van der Waals surface area contributed by atoms with Crippen LogP contribution in [0, 0.1) is 13.8 Å². The first-order chi connectivity index (χ1) is 12.8. The Labute approximate surface area is 158 Å². The summed E-state index contributed by atoms with van der Waals surface area (Å²) in [5.41, 5.74) is 4.84. The second kappa shape index (κ2) is 10.7. The molecule has 0 saturated heterocycles. The Morgan fingerprint density at radius 3 is 2.22 bits per heavy atom. The van der Waals surface area contributed by atoms with Crippen molar-refractivity contribution in [1.82, 2.24) is 0 Å². The van der Waals surface area contributed by atoms with Gasteiger partial charge in [0.05, 0.1) is 13.7 Å². The van der Waals surface area contributed by atoms with Crippen molar-refractivity contribution in [2.24, 2.45) is 0 Å². The molecule has 2 aromatic carbocycles. The topological polar surface area (TPSA) is 105 Å². The highest BCUT2D eigenvalue weighted by Gasteiger charge is 2.06. The first kappa shape index (κ1) is 21.8. The molecule has 0 spiro atoms. The minimum Gasteiger partial charge on any atom is -0.493 e. The third-order valence-corrected chi connectivity index (χ3v) is 3.59. The predicted molar refractivity (Wildman–Crippen MR) is 103 cm³/mol. The number of aryl methyl sites for hydroxylation is 2. The van der Waals surface area contributed by atoms with Crippen LogP contribution in [-0.4, -0.2) is 35.9 Å². The van der Waals surface area contributed by atoms with E-state index in [0.29, 0.717) is 6.61 Å². The van der Waals surface area contributed by atoms with Crippen molar-refractivity contribution in [2.75, 3.05) is 19.0 Å². The SMILES string of the molecule is CCOc1cc(CNc2cc(C)ccc2C)ccc1OC.O=C(O)C(=O)O. The third kappa shape index (κ3) is 7.27. The molecular weight excluding hydrogens is 350 g/mol. The van der Waals surface area contributed by atoms with Gasteiger partial charge in [-0.2, -0.15) is 0 Å². The lowest BCUT2D eigenvalue weighted by atomic mass is 10.1. The summed E-state index contributed by atoms with van der Waals surface area (Å²) in [7, 11) is 1.66. The molecule has 0 saturated carbocycles. The normalized spacial score (nSPS) is 9.63. The van der Waals surface area contributed by atoms with E-state index in [4.69, 9.17) is 29.3 Å². The van der Waals surface area contributed by atoms with Crippen LogP contribution in [0.2, 0.25) is 0 Å². The van der Waals surface area contributed by atoms with Gasteiger partial charge in [-0.05, 0) is 55.7 Å². The summed E-state index contributed by atoms with van der Waals surface area (Å²) in [5.74, 6) is -2.09. The predicted octanol–water partition coefficient (Wildman–Crippen LogP) is 3.48. The summed E-state index contributed by atoms with van der Waals surface area (Å²) in [6, 6.07) is 12.5. The van der Waals surface area contributed by atoms with Gasteiger partial charge in [0.2, 0.25) is 0 Å². The lowest BCUT2D eigenvalue weighted by molar-refractivity contribution is -0.159. The Kier molecular flexibility index (Phi) is 8.65. The largest absolute Gasteiger partial charge is 0.493 e. The summed E-state index contributed by atoms with van der Waals surface area (Å²) in [4.78, 5) is 18.2. The highest BCUT2D eigenvalue weighted by Crippen LogP contribution is 2.28. The molecule has 7 nitrogen and oxygen atoms in total. The van der Waals surface area contributed by atoms with E-state index < -0.39 is 11.9 Å². The lowest BCUT2D eigenvalue weighted by Crippen LogP contribution is -2.09. The Balaban J connectivity index is 0.000000527. The molecule has 0 aromatic heterocycles. The molecule has 0 aliphatic carbocycles. The Hall–Kier alpha value is -3.22. The number of carbonyl (C=O) groups is 2. The van der Waals surface area contributed by atoms with Gasteiger partial charge in [-0.25, -0.2) is 9.59 Å². The number of anilines is 1. The maximum Gasteiger partial charge on any atom is 0.414 e. The van der Waals surface area contributed by atoms with E-state index in [1.165, 1.54) is 22.4 Å². The van der Waals surface area contributed by atoms with E-state index in [2.05, 4.69) is 43.4 Å². The van der Waals surface area contributed by atoms with Gasteiger partial charge in [-0.15, -0.1) is 0 Å². The molecule has 2 rings (SSSR count). The number of ether oxygens (including phenoxy) is 2. The molecule has 0 radical (unpaired) electrons. The molecule has 0 unspecified atom stereocenters. The average Bonchev–Trinajstić information content (AvgIpc) is 2.63. The number of nitrogens with one attached hydrogen (secondary N) is 1. The monoisotopic (exact) mass is 375 g/mol. The fraction of sp³-hybridized carbons (Fsp3) is 0.300. The summed E-state index contributed by atoms with van der Waals surface area (Å²) < 4.78 is 10.9. The van der Waals surface area contributed by atoms with Crippen molar-refractivity contribution in [3.63, 3.8) is 0 Å². The average molecular weight is 375 g/mol. The van der Waals surface area contributed by atoms with Crippen LogP contribution in [0.25, 0.3) is 0 Å². The molecule has 27 heavy (non-hydrogen) atoms. The quantitative estimate of drug-likeness (QED) is 0.664. The minimum absolute atomic E-state index is 0.629. The molecule has 0 amide bonds. The molecule has 3 N–H and O–H groups in total. The van der Waals surface area contributed by atoms with Crippen molar-refractivity contribution >= 4 is 17.6 Å². The molecule has 7 heteroatoms. The number of carboxylic acids is 2. The second-order valence-electron chi connectivity index (χ2n) is 5.70. The number of carboxylic acid groups (broad SMARTS) is 2. The van der Waals surface area contributed by atoms with E-state index in [1.807, 2.05) is 19.1 Å². The van der Waals surface area contributed by atoms with Crippen molar-refractivity contribution in [3.8, 4) is 11.5 Å². The molecule has 2 aromatic rings. The maximum absolute atomic E-state index is 9.10. The zero-order valence-electron chi connectivity index (χ0n) is 15.9. The van der Waals surface area contributed by atoms with E-state index in [0.717, 1.165) is 18.0 Å². The second-order valence-corrected chi connectivity index (χ2v) is 5.70. The van der Waals surface area contributed by atoms with Crippen LogP contribution in [0.5, 0.6) is 11.5 Å². The van der Waals surface area contributed by atoms with Crippen LogP contribution < -0.4 is 14.8 Å². The fourth-order valence-electron chi connectivity index (χ4n) is 2.22. The van der Waals surface area contributed by atoms with Crippen molar-refractivity contribution in [3.05, 3.63) is 53.1 Å². The molecular formula is C20H25NO6. The van der Waals surface area contributed by atoms with Crippen molar-refractivity contribution in [1.29, 1.82) is 0 Å². The maximum atomic E-state index is 9.10. The highest BCUT2D eigenvalue weighted by molar-refractivity contribution is 6.27. The van der Waals surface area contributed by atoms with Gasteiger partial charge in [0.25, 0.3) is 0 Å². The third-order valence-electron chi connectivity index (χ3n) is 3.59. The molecule has 0 aliphatic rings. The van der Waals surface area contributed by atoms with Gasteiger partial charge in [0.15, 0.2) is 11.5 Å². The lowest BCUT2D eigenvalue weighted by Gasteiger charge is -2.13. The van der Waals surface area contributed by atoms with E-state index in [-0.39, 0.29) is 0 Å². The Morgan fingerprint density at radius 2 is 1.67 bits per heavy atom. The van der Waals surface area contributed by atoms with Crippen LogP contribution in [0.15, 0.2) is 36.4 Å². The number of benzene rings is 2. The van der Waals surface area contributed by atoms with Gasteiger partial charge in [-0.3, -0.25) is 0 Å². The van der Waals surface area contributed by atoms with Gasteiger partial charge >= 0.3 is 11.9 Å². The fourth-order valence-corrected chi connectivity index (χ4v) is 2.22. The van der Waals surface area contributed by atoms with Crippen LogP contribution in [0.1, 0.15) is 23.6 Å². The van der Waals surface area contributed by atoms with Gasteiger partial charge in [0.1, 0.15) is 0 Å². The molecule has 0 heterocycles. The number of rotatable bonds is 6. The van der Waals surface area contributed by atoms with Crippen LogP contribution in [-0.2, 0) is 16.1 Å². The number of hydrogen-bond acceptors (Lipinski definition) is 5. The first-order valence-corrected chi connectivity index (χ1v) is 8.35. The Bertz CT molecular complexity index is 776. The summed E-state index contributed by atoms with van der Waals surface area (Å²) >= 11 is 0. The highest BCUT2D eigenvalue weighted by atomic mass is 16.5. The molecule has 0 fully saturated rings. The number of methoxy groups -OCH3 is 1. The number of aliphatic carboxylic acids is 2. The first-order valence-electron chi connectivity index (χ1n) is 8.35. The van der Waals surface area contributed by atoms with Crippen molar-refractivity contribution < 1.29 is 29.3 Å². The Morgan fingerprint density at radius 1 is 1.00 bits per heavy atom. The van der Waals surface area contributed by atoms with E-state index in [9.17, 15) is 0 Å². The molecule has 146 valence electrons. The summed E-state index contributed by atoms with van der Waals surface area (Å²) in [6.07, 6.45) is 0. The summed E-state index contributed by atoms with van der Waals surface area (Å²) in [6.45, 7) is 7.58. The van der Waals surface area contributed by atoms with Gasteiger partial charge < -0.3 is 25.0 Å². The molecule has 0 aliphatic heterocycles. The zero-order chi connectivity index (χ0) is 20.4. The van der Waals surface area contributed by atoms with Crippen LogP contribution >= 0.6 is 0 Å². The van der Waals surface area contributed by atoms with E-state index in [1.54, 1.807) is 7.11 Å². The molecule has 0 bridgehead atoms. The van der Waals surface area contributed by atoms with Gasteiger partial charge in [-0.1, -0.05) is 18.2 Å². The van der Waals surface area contributed by atoms with E-state index >= 15 is 0 Å². The number of hydrogen-bond donors (Lipinski definition) is 3. The smallest absolute Gasteiger partial charge is 0.414 e. The minimum atomic E-state index is -1.82. The standard InChI is InChI=1S/C18H23NO2.C2H2O4/c1-5-21-18-11-15(8-9-17(18)20-4)12-19-16-10-13(2)6-7-14(16)3;3-1(4)2(5)6/h6-11,19H,5,12H2,1-4H3;(H,3,4)(H,5,6). The van der Waals surface area contributed by atoms with Gasteiger partial charge in [0, 0.05) is 12.2 Å². The zero-order valence-corrected chi connectivity index (χ0v) is 15.9. The molecule has 0 atom stereocenters. The summed E-state index contributed by atoms with van der Waals surface area (Å²) in [5, 5.41) is 18.3. The van der Waals surface area contributed by atoms with Crippen LogP contribution in [0.3, 0.4) is 0 Å². The van der Waals surface area contributed by atoms with Crippen LogP contribution in [0.4, 0.5) is 5.69 Å². The van der Waals surface area contributed by atoms with Crippen molar-refractivity contribution in [2.45, 2.75) is 27.3 Å².